The SMILES string of the molecule is [B][C@H]1CC(C)[C@@H](C(=O)OP(=O)(OCC(Cl)(Cl)Cl)OCC(Cl)(Cl)Cl)O1. The van der Waals surface area contributed by atoms with Gasteiger partial charge in [0.05, 0.1) is 0 Å². The summed E-state index contributed by atoms with van der Waals surface area (Å²) in [5, 5.41) is 0. The van der Waals surface area contributed by atoms with Crippen molar-refractivity contribution in [1.82, 2.24) is 0 Å². The van der Waals surface area contributed by atoms with E-state index >= 15 is 0 Å². The third-order valence-electron chi connectivity index (χ3n) is 2.65. The van der Waals surface area contributed by atoms with Crippen molar-refractivity contribution >= 4 is 91.2 Å². The highest BCUT2D eigenvalue weighted by Crippen LogP contribution is 2.53. The zero-order chi connectivity index (χ0) is 18.8. The van der Waals surface area contributed by atoms with E-state index in [0.29, 0.717) is 6.42 Å². The number of phosphoric ester groups is 1. The third-order valence-corrected chi connectivity index (χ3v) is 4.60. The van der Waals surface area contributed by atoms with Crippen molar-refractivity contribution in [2.45, 2.75) is 33.0 Å². The molecular formula is C10H12BCl6O6P. The Morgan fingerprint density at radius 2 is 1.62 bits per heavy atom. The average Bonchev–Trinajstić information content (AvgIpc) is 2.72. The van der Waals surface area contributed by atoms with Gasteiger partial charge >= 0.3 is 13.8 Å². The predicted octanol–water partition coefficient (Wildman–Crippen LogP) is 4.33. The van der Waals surface area contributed by atoms with Crippen LogP contribution in [0, 0.1) is 5.92 Å². The number of hydrogen-bond donors (Lipinski definition) is 0. The monoisotopic (exact) mass is 480 g/mol. The Morgan fingerprint density at radius 3 is 1.96 bits per heavy atom. The molecular weight excluding hydrogens is 471 g/mol. The van der Waals surface area contributed by atoms with Crippen LogP contribution >= 0.6 is 77.4 Å². The first-order valence-electron chi connectivity index (χ1n) is 6.38. The van der Waals surface area contributed by atoms with E-state index in [2.05, 4.69) is 0 Å². The third kappa shape index (κ3) is 8.85. The number of rotatable bonds is 6. The molecule has 1 heterocycles. The quantitative estimate of drug-likeness (QED) is 0.319. The molecule has 1 aliphatic rings. The molecule has 0 spiro atoms. The average molecular weight is 483 g/mol. The van der Waals surface area contributed by atoms with Gasteiger partial charge in [-0.05, 0) is 12.3 Å². The van der Waals surface area contributed by atoms with Crippen LogP contribution in [0.5, 0.6) is 0 Å². The smallest absolute Gasteiger partial charge is 0.373 e. The van der Waals surface area contributed by atoms with Gasteiger partial charge in [0, 0.05) is 6.00 Å². The summed E-state index contributed by atoms with van der Waals surface area (Å²) >= 11 is 33.0. The van der Waals surface area contributed by atoms with Crippen LogP contribution in [0.15, 0.2) is 0 Å². The van der Waals surface area contributed by atoms with Crippen LogP contribution in [0.1, 0.15) is 13.3 Å². The largest absolute Gasteiger partial charge is 0.532 e. The summed E-state index contributed by atoms with van der Waals surface area (Å²) in [6.07, 6.45) is -0.644. The molecule has 1 fully saturated rings. The second kappa shape index (κ2) is 9.05. The molecule has 1 unspecified atom stereocenters. The van der Waals surface area contributed by atoms with E-state index in [1.165, 1.54) is 0 Å². The Balaban J connectivity index is 2.80. The van der Waals surface area contributed by atoms with Crippen LogP contribution in [0.4, 0.5) is 0 Å². The first-order valence-corrected chi connectivity index (χ1v) is 10.1. The van der Waals surface area contributed by atoms with Crippen molar-refractivity contribution in [2.75, 3.05) is 13.2 Å². The van der Waals surface area contributed by atoms with E-state index in [-0.39, 0.29) is 5.92 Å². The van der Waals surface area contributed by atoms with Gasteiger partial charge in [-0.3, -0.25) is 9.05 Å². The Bertz CT molecular complexity index is 475. The van der Waals surface area contributed by atoms with E-state index in [0.717, 1.165) is 0 Å². The fourth-order valence-electron chi connectivity index (χ4n) is 1.71. The number of hydrogen-bond acceptors (Lipinski definition) is 6. The first kappa shape index (κ1) is 23.4. The summed E-state index contributed by atoms with van der Waals surface area (Å²) in [5.41, 5.74) is 0. The zero-order valence-electron chi connectivity index (χ0n) is 12.1. The van der Waals surface area contributed by atoms with Gasteiger partial charge in [-0.2, -0.15) is 0 Å². The molecule has 0 aromatic heterocycles. The maximum absolute atomic E-state index is 12.5. The standard InChI is InChI=1S/C10H12BCl6O6P/c1-5-2-6(11)22-7(5)8(18)23-24(19,20-3-9(12,13)14)21-4-10(15,16)17/h5-7H,2-4H2,1H3/t5?,6-,7+/m1/s1. The van der Waals surface area contributed by atoms with Gasteiger partial charge in [-0.25, -0.2) is 9.36 Å². The molecule has 0 N–H and O–H groups in total. The summed E-state index contributed by atoms with van der Waals surface area (Å²) in [4.78, 5) is 12.1. The maximum atomic E-state index is 12.5. The first-order chi connectivity index (χ1) is 10.7. The van der Waals surface area contributed by atoms with Gasteiger partial charge in [0.1, 0.15) is 21.1 Å². The van der Waals surface area contributed by atoms with Crippen molar-refractivity contribution < 1.29 is 27.7 Å². The minimum Gasteiger partial charge on any atom is -0.373 e. The lowest BCUT2D eigenvalue weighted by Crippen LogP contribution is -2.28. The highest BCUT2D eigenvalue weighted by Gasteiger charge is 2.43. The van der Waals surface area contributed by atoms with Gasteiger partial charge in [-0.1, -0.05) is 76.5 Å². The lowest BCUT2D eigenvalue weighted by molar-refractivity contribution is -0.148. The van der Waals surface area contributed by atoms with Gasteiger partial charge in [0.25, 0.3) is 0 Å². The lowest BCUT2D eigenvalue weighted by atomic mass is 9.92. The molecule has 14 heteroatoms. The fraction of sp³-hybridized carbons (Fsp3) is 0.900. The number of carbonyl (C=O) groups is 1. The summed E-state index contributed by atoms with van der Waals surface area (Å²) in [7, 11) is 1.04. The van der Waals surface area contributed by atoms with Gasteiger partial charge in [0.15, 0.2) is 6.10 Å². The van der Waals surface area contributed by atoms with E-state index in [9.17, 15) is 9.36 Å². The van der Waals surface area contributed by atoms with Crippen molar-refractivity contribution in [3.63, 3.8) is 0 Å². The second-order valence-corrected chi connectivity index (χ2v) is 11.6. The minimum atomic E-state index is -4.54. The molecule has 24 heavy (non-hydrogen) atoms. The minimum absolute atomic E-state index is 0.276. The molecule has 2 radical (unpaired) electrons. The van der Waals surface area contributed by atoms with Gasteiger partial charge in [-0.15, -0.1) is 0 Å². The van der Waals surface area contributed by atoms with Gasteiger partial charge < -0.3 is 9.26 Å². The van der Waals surface area contributed by atoms with Crippen molar-refractivity contribution in [2.24, 2.45) is 5.92 Å². The highest BCUT2D eigenvalue weighted by molar-refractivity contribution is 7.49. The number of halogens is 6. The molecule has 0 amide bonds. The molecule has 1 saturated heterocycles. The van der Waals surface area contributed by atoms with E-state index in [1.54, 1.807) is 6.92 Å². The van der Waals surface area contributed by atoms with Crippen LogP contribution in [0.3, 0.4) is 0 Å². The summed E-state index contributed by atoms with van der Waals surface area (Å²) in [5.74, 6) is -1.30. The fourth-order valence-corrected chi connectivity index (χ4v) is 3.70. The van der Waals surface area contributed by atoms with E-state index in [4.69, 9.17) is 95.8 Å². The molecule has 6 nitrogen and oxygen atoms in total. The summed E-state index contributed by atoms with van der Waals surface area (Å²) < 4.78 is 28.2. The lowest BCUT2D eigenvalue weighted by Gasteiger charge is -2.23. The Kier molecular flexibility index (Phi) is 8.83. The summed E-state index contributed by atoms with van der Waals surface area (Å²) in [6.45, 7) is 0.291. The Hall–Kier alpha value is 1.38. The van der Waals surface area contributed by atoms with Crippen LogP contribution in [-0.2, 0) is 27.7 Å². The predicted molar refractivity (Wildman–Crippen MR) is 94.4 cm³/mol. The van der Waals surface area contributed by atoms with Crippen molar-refractivity contribution in [1.29, 1.82) is 0 Å². The molecule has 1 aliphatic heterocycles. The zero-order valence-corrected chi connectivity index (χ0v) is 17.5. The molecule has 0 aromatic carbocycles. The van der Waals surface area contributed by atoms with Crippen LogP contribution in [-0.4, -0.2) is 46.7 Å². The second-order valence-electron chi connectivity index (χ2n) is 4.94. The number of carbonyl (C=O) groups excluding carboxylic acids is 1. The number of alkyl halides is 6. The maximum Gasteiger partial charge on any atom is 0.532 e. The molecule has 0 aromatic rings. The number of phosphoric acid groups is 1. The normalized spacial score (nSPS) is 25.7. The van der Waals surface area contributed by atoms with Crippen molar-refractivity contribution in [3.8, 4) is 0 Å². The molecule has 0 aliphatic carbocycles. The van der Waals surface area contributed by atoms with Crippen LogP contribution < -0.4 is 0 Å². The molecule has 138 valence electrons. The molecule has 0 saturated carbocycles. The Morgan fingerprint density at radius 1 is 1.17 bits per heavy atom. The van der Waals surface area contributed by atoms with Crippen LogP contribution in [0.25, 0.3) is 0 Å². The topological polar surface area (TPSA) is 71.1 Å². The van der Waals surface area contributed by atoms with E-state index < -0.39 is 46.7 Å². The molecule has 3 atom stereocenters. The van der Waals surface area contributed by atoms with Crippen molar-refractivity contribution in [3.05, 3.63) is 0 Å². The van der Waals surface area contributed by atoms with Crippen LogP contribution in [0.2, 0.25) is 0 Å². The van der Waals surface area contributed by atoms with E-state index in [1.807, 2.05) is 0 Å². The van der Waals surface area contributed by atoms with Gasteiger partial charge in [0.2, 0.25) is 7.59 Å². The molecule has 0 bridgehead atoms. The Labute approximate surface area is 170 Å². The molecule has 1 rings (SSSR count). The summed E-state index contributed by atoms with van der Waals surface area (Å²) in [6, 6.07) is -0.652. The number of ether oxygens (including phenoxy) is 1. The highest BCUT2D eigenvalue weighted by atomic mass is 35.6.